The highest BCUT2D eigenvalue weighted by molar-refractivity contribution is 7.99. The number of thiazole rings is 1. The Kier molecular flexibility index (Phi) is 7.79. The highest BCUT2D eigenvalue weighted by Crippen LogP contribution is 2.36. The number of likely N-dealkylation sites (tertiary alicyclic amines) is 1. The van der Waals surface area contributed by atoms with Gasteiger partial charge in [0.15, 0.2) is 0 Å². The molecule has 1 saturated heterocycles. The van der Waals surface area contributed by atoms with Crippen molar-refractivity contribution in [3.05, 3.63) is 59.1 Å². The van der Waals surface area contributed by atoms with Gasteiger partial charge in [0.05, 0.1) is 16.3 Å². The lowest BCUT2D eigenvalue weighted by atomic mass is 10.1. The van der Waals surface area contributed by atoms with Crippen molar-refractivity contribution in [1.29, 1.82) is 0 Å². The van der Waals surface area contributed by atoms with Crippen molar-refractivity contribution in [2.24, 2.45) is 5.73 Å². The second-order valence-corrected chi connectivity index (χ2v) is 10.2. The van der Waals surface area contributed by atoms with Crippen LogP contribution in [0, 0.1) is 0 Å². The van der Waals surface area contributed by atoms with E-state index in [9.17, 15) is 0 Å². The second kappa shape index (κ2) is 10.7. The molecule has 0 aliphatic carbocycles. The lowest BCUT2D eigenvalue weighted by molar-refractivity contribution is -0.0235. The van der Waals surface area contributed by atoms with Gasteiger partial charge < -0.3 is 15.4 Å². The molecular formula is C24H31N3OS2. The topological polar surface area (TPSA) is 51.4 Å². The number of ether oxygens (including phenoxy) is 1. The van der Waals surface area contributed by atoms with Crippen LogP contribution in [0.2, 0.25) is 0 Å². The van der Waals surface area contributed by atoms with Crippen molar-refractivity contribution in [2.45, 2.75) is 42.8 Å². The number of aromatic nitrogens is 1. The van der Waals surface area contributed by atoms with Gasteiger partial charge in [0.25, 0.3) is 0 Å². The molecule has 1 aromatic heterocycles. The predicted molar refractivity (Wildman–Crippen MR) is 129 cm³/mol. The molecular weight excluding hydrogens is 410 g/mol. The van der Waals surface area contributed by atoms with Crippen LogP contribution in [0.25, 0.3) is 10.2 Å². The molecule has 2 N–H and O–H groups in total. The standard InChI is InChI=1S/C24H31N3OS2/c1-27-14-11-19(12-15-27)28-23(24-26-21-9-2-3-10-22(21)30-24)18-7-6-8-20(17-18)29-16-5-4-13-25/h2-3,6-10,17,19,23H,4-5,11-16,25H2,1H3. The quantitative estimate of drug-likeness (QED) is 0.359. The van der Waals surface area contributed by atoms with Crippen LogP contribution >= 0.6 is 23.1 Å². The Morgan fingerprint density at radius 2 is 2.00 bits per heavy atom. The van der Waals surface area contributed by atoms with E-state index in [4.69, 9.17) is 15.5 Å². The van der Waals surface area contributed by atoms with Crippen LogP contribution in [0.5, 0.6) is 0 Å². The van der Waals surface area contributed by atoms with Crippen LogP contribution in [0.1, 0.15) is 42.4 Å². The summed E-state index contributed by atoms with van der Waals surface area (Å²) in [5, 5.41) is 1.06. The molecule has 1 aliphatic heterocycles. The monoisotopic (exact) mass is 441 g/mol. The molecule has 1 unspecified atom stereocenters. The fourth-order valence-electron chi connectivity index (χ4n) is 3.80. The van der Waals surface area contributed by atoms with Crippen LogP contribution < -0.4 is 5.73 Å². The summed E-state index contributed by atoms with van der Waals surface area (Å²) in [7, 11) is 2.19. The number of hydrogen-bond acceptors (Lipinski definition) is 6. The Bertz CT molecular complexity index is 904. The molecule has 0 amide bonds. The van der Waals surface area contributed by atoms with Gasteiger partial charge in [-0.1, -0.05) is 24.3 Å². The van der Waals surface area contributed by atoms with Crippen molar-refractivity contribution in [3.63, 3.8) is 0 Å². The first-order valence-corrected chi connectivity index (χ1v) is 12.7. The number of rotatable bonds is 9. The van der Waals surface area contributed by atoms with Gasteiger partial charge in [0.2, 0.25) is 0 Å². The van der Waals surface area contributed by atoms with Gasteiger partial charge in [-0.15, -0.1) is 23.1 Å². The molecule has 0 spiro atoms. The first kappa shape index (κ1) is 21.8. The molecule has 0 bridgehead atoms. The van der Waals surface area contributed by atoms with E-state index in [1.165, 1.54) is 15.2 Å². The van der Waals surface area contributed by atoms with E-state index >= 15 is 0 Å². The van der Waals surface area contributed by atoms with Gasteiger partial charge in [-0.2, -0.15) is 0 Å². The minimum atomic E-state index is -0.111. The maximum absolute atomic E-state index is 6.73. The molecule has 0 radical (unpaired) electrons. The van der Waals surface area contributed by atoms with Crippen molar-refractivity contribution in [1.82, 2.24) is 9.88 Å². The summed E-state index contributed by atoms with van der Waals surface area (Å²) in [5.41, 5.74) is 7.89. The number of nitrogens with two attached hydrogens (primary N) is 1. The molecule has 4 nitrogen and oxygen atoms in total. The van der Waals surface area contributed by atoms with E-state index in [-0.39, 0.29) is 12.2 Å². The second-order valence-electron chi connectivity index (χ2n) is 7.96. The SMILES string of the molecule is CN1CCC(OC(c2cccc(SCCCCN)c2)c2nc3ccccc3s2)CC1. The number of nitrogens with zero attached hydrogens (tertiary/aromatic N) is 2. The summed E-state index contributed by atoms with van der Waals surface area (Å²) >= 11 is 3.66. The van der Waals surface area contributed by atoms with Gasteiger partial charge in [-0.05, 0) is 74.9 Å². The van der Waals surface area contributed by atoms with Crippen molar-refractivity contribution >= 4 is 33.3 Å². The molecule has 30 heavy (non-hydrogen) atoms. The summed E-state index contributed by atoms with van der Waals surface area (Å²) in [6.07, 6.45) is 4.55. The smallest absolute Gasteiger partial charge is 0.134 e. The molecule has 2 heterocycles. The normalized spacial score (nSPS) is 16.9. The van der Waals surface area contributed by atoms with Crippen LogP contribution in [0.4, 0.5) is 0 Å². The Balaban J connectivity index is 1.58. The molecule has 3 aromatic rings. The van der Waals surface area contributed by atoms with E-state index < -0.39 is 0 Å². The fraction of sp³-hybridized carbons (Fsp3) is 0.458. The highest BCUT2D eigenvalue weighted by atomic mass is 32.2. The van der Waals surface area contributed by atoms with E-state index in [1.807, 2.05) is 11.8 Å². The number of benzene rings is 2. The van der Waals surface area contributed by atoms with Crippen LogP contribution in [-0.4, -0.2) is 48.4 Å². The lowest BCUT2D eigenvalue weighted by Crippen LogP contribution is -2.35. The Hall–Kier alpha value is -1.44. The summed E-state index contributed by atoms with van der Waals surface area (Å²) < 4.78 is 7.95. The van der Waals surface area contributed by atoms with E-state index in [0.717, 1.165) is 61.6 Å². The molecule has 6 heteroatoms. The first-order chi connectivity index (χ1) is 14.7. The van der Waals surface area contributed by atoms with Crippen molar-refractivity contribution in [3.8, 4) is 0 Å². The first-order valence-electron chi connectivity index (χ1n) is 10.9. The van der Waals surface area contributed by atoms with Crippen molar-refractivity contribution < 1.29 is 4.74 Å². The molecule has 1 aliphatic rings. The fourth-order valence-corrected chi connectivity index (χ4v) is 5.81. The summed E-state index contributed by atoms with van der Waals surface area (Å²) in [6.45, 7) is 2.95. The molecule has 4 rings (SSSR count). The maximum atomic E-state index is 6.73. The number of thioether (sulfide) groups is 1. The number of fused-ring (bicyclic) bond motifs is 1. The summed E-state index contributed by atoms with van der Waals surface area (Å²) in [5.74, 6) is 1.10. The maximum Gasteiger partial charge on any atom is 0.134 e. The number of unbranched alkanes of at least 4 members (excludes halogenated alkanes) is 1. The zero-order valence-electron chi connectivity index (χ0n) is 17.6. The van der Waals surface area contributed by atoms with Crippen LogP contribution in [-0.2, 0) is 4.74 Å². The van der Waals surface area contributed by atoms with Gasteiger partial charge >= 0.3 is 0 Å². The third-order valence-corrected chi connectivity index (χ3v) is 7.72. The molecule has 0 saturated carbocycles. The third-order valence-electron chi connectivity index (χ3n) is 5.56. The zero-order valence-corrected chi connectivity index (χ0v) is 19.3. The van der Waals surface area contributed by atoms with E-state index in [1.54, 1.807) is 11.3 Å². The zero-order chi connectivity index (χ0) is 20.8. The number of piperidine rings is 1. The van der Waals surface area contributed by atoms with Gasteiger partial charge in [-0.3, -0.25) is 0 Å². The highest BCUT2D eigenvalue weighted by Gasteiger charge is 2.26. The average molecular weight is 442 g/mol. The van der Waals surface area contributed by atoms with E-state index in [2.05, 4.69) is 60.5 Å². The van der Waals surface area contributed by atoms with Crippen LogP contribution in [0.15, 0.2) is 53.4 Å². The van der Waals surface area contributed by atoms with Gasteiger partial charge in [-0.25, -0.2) is 4.98 Å². The van der Waals surface area contributed by atoms with Crippen LogP contribution in [0.3, 0.4) is 0 Å². The lowest BCUT2D eigenvalue weighted by Gasteiger charge is -2.31. The summed E-state index contributed by atoms with van der Waals surface area (Å²) in [4.78, 5) is 8.62. The minimum absolute atomic E-state index is 0.111. The molecule has 1 fully saturated rings. The molecule has 2 aromatic carbocycles. The Morgan fingerprint density at radius 1 is 1.17 bits per heavy atom. The van der Waals surface area contributed by atoms with E-state index in [0.29, 0.717) is 0 Å². The third kappa shape index (κ3) is 5.62. The molecule has 1 atom stereocenters. The number of para-hydroxylation sites is 1. The van der Waals surface area contributed by atoms with Gasteiger partial charge in [0, 0.05) is 18.0 Å². The number of hydrogen-bond donors (Lipinski definition) is 1. The molecule has 160 valence electrons. The predicted octanol–water partition coefficient (Wildman–Crippen LogP) is 5.33. The van der Waals surface area contributed by atoms with Crippen molar-refractivity contribution in [2.75, 3.05) is 32.4 Å². The Morgan fingerprint density at radius 3 is 2.80 bits per heavy atom. The largest absolute Gasteiger partial charge is 0.363 e. The Labute approximate surface area is 187 Å². The minimum Gasteiger partial charge on any atom is -0.363 e. The average Bonchev–Trinajstić information content (AvgIpc) is 3.20. The summed E-state index contributed by atoms with van der Waals surface area (Å²) in [6, 6.07) is 17.2. The van der Waals surface area contributed by atoms with Gasteiger partial charge in [0.1, 0.15) is 11.1 Å².